The minimum atomic E-state index is -0.238. The molecule has 1 N–H and O–H groups in total. The van der Waals surface area contributed by atoms with Crippen molar-refractivity contribution in [3.05, 3.63) is 29.3 Å². The van der Waals surface area contributed by atoms with Crippen molar-refractivity contribution in [3.8, 4) is 0 Å². The van der Waals surface area contributed by atoms with E-state index < -0.39 is 0 Å². The Balaban J connectivity index is 1.61. The Bertz CT molecular complexity index is 452. The molecule has 0 bridgehead atoms. The molecule has 1 fully saturated rings. The second-order valence-electron chi connectivity index (χ2n) is 4.88. The summed E-state index contributed by atoms with van der Waals surface area (Å²) in [6, 6.07) is 5.74. The first-order valence-electron chi connectivity index (χ1n) is 6.44. The maximum atomic E-state index is 11.9. The van der Waals surface area contributed by atoms with Crippen LogP contribution in [0.3, 0.4) is 0 Å². The molecule has 2 heterocycles. The number of ether oxygens (including phenoxy) is 2. The number of rotatable bonds is 3. The van der Waals surface area contributed by atoms with Gasteiger partial charge in [-0.15, -0.1) is 0 Å². The smallest absolute Gasteiger partial charge is 0.338 e. The SMILES string of the molecule is O=C(OCC1CCOC1)c1ccc2c(c1)NCC2. The van der Waals surface area contributed by atoms with Crippen LogP contribution in [0.1, 0.15) is 22.3 Å². The zero-order valence-corrected chi connectivity index (χ0v) is 10.3. The minimum absolute atomic E-state index is 0.238. The van der Waals surface area contributed by atoms with Gasteiger partial charge in [0.2, 0.25) is 0 Å². The first-order valence-corrected chi connectivity index (χ1v) is 6.44. The van der Waals surface area contributed by atoms with E-state index in [4.69, 9.17) is 9.47 Å². The second kappa shape index (κ2) is 4.98. The number of hydrogen-bond acceptors (Lipinski definition) is 4. The zero-order chi connectivity index (χ0) is 12.4. The number of esters is 1. The van der Waals surface area contributed by atoms with Crippen LogP contribution in [0.5, 0.6) is 0 Å². The Hall–Kier alpha value is -1.55. The number of carbonyl (C=O) groups excluding carboxylic acids is 1. The summed E-state index contributed by atoms with van der Waals surface area (Å²) in [7, 11) is 0. The van der Waals surface area contributed by atoms with Crippen LogP contribution in [-0.2, 0) is 15.9 Å². The monoisotopic (exact) mass is 247 g/mol. The van der Waals surface area contributed by atoms with Crippen molar-refractivity contribution >= 4 is 11.7 Å². The van der Waals surface area contributed by atoms with E-state index in [1.165, 1.54) is 5.56 Å². The van der Waals surface area contributed by atoms with E-state index in [0.717, 1.165) is 31.7 Å². The molecule has 1 saturated heterocycles. The van der Waals surface area contributed by atoms with Gasteiger partial charge in [-0.05, 0) is 30.5 Å². The highest BCUT2D eigenvalue weighted by molar-refractivity contribution is 5.91. The molecule has 1 atom stereocenters. The summed E-state index contributed by atoms with van der Waals surface area (Å²) in [4.78, 5) is 11.9. The van der Waals surface area contributed by atoms with Crippen LogP contribution in [0.15, 0.2) is 18.2 Å². The normalized spacial score (nSPS) is 21.4. The molecule has 2 aliphatic heterocycles. The van der Waals surface area contributed by atoms with Gasteiger partial charge < -0.3 is 14.8 Å². The number of hydrogen-bond donors (Lipinski definition) is 1. The van der Waals surface area contributed by atoms with Crippen LogP contribution in [0.25, 0.3) is 0 Å². The second-order valence-corrected chi connectivity index (χ2v) is 4.88. The molecule has 2 aliphatic rings. The number of carbonyl (C=O) groups is 1. The van der Waals surface area contributed by atoms with Crippen LogP contribution < -0.4 is 5.32 Å². The summed E-state index contributed by atoms with van der Waals surface area (Å²) in [6.07, 6.45) is 2.02. The van der Waals surface area contributed by atoms with Crippen molar-refractivity contribution in [1.82, 2.24) is 0 Å². The van der Waals surface area contributed by atoms with Gasteiger partial charge in [-0.3, -0.25) is 0 Å². The fraction of sp³-hybridized carbons (Fsp3) is 0.500. The highest BCUT2D eigenvalue weighted by atomic mass is 16.5. The van der Waals surface area contributed by atoms with Gasteiger partial charge >= 0.3 is 5.97 Å². The lowest BCUT2D eigenvalue weighted by Crippen LogP contribution is -2.14. The van der Waals surface area contributed by atoms with Gasteiger partial charge in [0.25, 0.3) is 0 Å². The van der Waals surface area contributed by atoms with Crippen molar-refractivity contribution in [2.45, 2.75) is 12.8 Å². The van der Waals surface area contributed by atoms with Crippen LogP contribution in [-0.4, -0.2) is 32.3 Å². The Morgan fingerprint density at radius 1 is 1.50 bits per heavy atom. The van der Waals surface area contributed by atoms with Crippen LogP contribution in [0, 0.1) is 5.92 Å². The summed E-state index contributed by atoms with van der Waals surface area (Å²) >= 11 is 0. The van der Waals surface area contributed by atoms with Crippen molar-refractivity contribution in [1.29, 1.82) is 0 Å². The van der Waals surface area contributed by atoms with Crippen molar-refractivity contribution < 1.29 is 14.3 Å². The van der Waals surface area contributed by atoms with E-state index >= 15 is 0 Å². The van der Waals surface area contributed by atoms with Gasteiger partial charge in [0, 0.05) is 24.8 Å². The van der Waals surface area contributed by atoms with E-state index in [2.05, 4.69) is 5.32 Å². The van der Waals surface area contributed by atoms with E-state index in [0.29, 0.717) is 24.7 Å². The number of nitrogens with one attached hydrogen (secondary N) is 1. The molecule has 96 valence electrons. The average Bonchev–Trinajstić information content (AvgIpc) is 3.05. The van der Waals surface area contributed by atoms with Gasteiger partial charge in [-0.2, -0.15) is 0 Å². The lowest BCUT2D eigenvalue weighted by molar-refractivity contribution is 0.0428. The molecule has 1 aromatic rings. The molecule has 1 aromatic carbocycles. The zero-order valence-electron chi connectivity index (χ0n) is 10.3. The lowest BCUT2D eigenvalue weighted by Gasteiger charge is -2.09. The third-order valence-electron chi connectivity index (χ3n) is 3.53. The Kier molecular flexibility index (Phi) is 3.19. The molecule has 18 heavy (non-hydrogen) atoms. The highest BCUT2D eigenvalue weighted by Crippen LogP contribution is 2.23. The number of anilines is 1. The van der Waals surface area contributed by atoms with Gasteiger partial charge in [0.15, 0.2) is 0 Å². The Morgan fingerprint density at radius 3 is 3.28 bits per heavy atom. The Morgan fingerprint density at radius 2 is 2.44 bits per heavy atom. The van der Waals surface area contributed by atoms with E-state index in [1.54, 1.807) is 0 Å². The van der Waals surface area contributed by atoms with Crippen molar-refractivity contribution in [3.63, 3.8) is 0 Å². The highest BCUT2D eigenvalue weighted by Gasteiger charge is 2.19. The molecule has 0 radical (unpaired) electrons. The van der Waals surface area contributed by atoms with Crippen LogP contribution >= 0.6 is 0 Å². The summed E-state index contributed by atoms with van der Waals surface area (Å²) in [6.45, 7) is 2.90. The fourth-order valence-corrected chi connectivity index (χ4v) is 2.41. The van der Waals surface area contributed by atoms with Crippen LogP contribution in [0.4, 0.5) is 5.69 Å². The molecular weight excluding hydrogens is 230 g/mol. The molecule has 0 amide bonds. The lowest BCUT2D eigenvalue weighted by atomic mass is 10.1. The van der Waals surface area contributed by atoms with Gasteiger partial charge in [-0.1, -0.05) is 6.07 Å². The minimum Gasteiger partial charge on any atom is -0.462 e. The Labute approximate surface area is 106 Å². The van der Waals surface area contributed by atoms with Gasteiger partial charge in [-0.25, -0.2) is 4.79 Å². The van der Waals surface area contributed by atoms with Crippen LogP contribution in [0.2, 0.25) is 0 Å². The molecule has 4 nitrogen and oxygen atoms in total. The quantitative estimate of drug-likeness (QED) is 0.828. The summed E-state index contributed by atoms with van der Waals surface area (Å²) in [5.74, 6) is 0.125. The maximum absolute atomic E-state index is 11.9. The predicted octanol–water partition coefficient (Wildman–Crippen LogP) is 1.85. The molecule has 3 rings (SSSR count). The van der Waals surface area contributed by atoms with E-state index in [9.17, 15) is 4.79 Å². The predicted molar refractivity (Wildman–Crippen MR) is 67.8 cm³/mol. The summed E-state index contributed by atoms with van der Waals surface area (Å²) < 4.78 is 10.6. The third-order valence-corrected chi connectivity index (χ3v) is 3.53. The summed E-state index contributed by atoms with van der Waals surface area (Å²) in [5, 5.41) is 3.26. The van der Waals surface area contributed by atoms with Gasteiger partial charge in [0.1, 0.15) is 0 Å². The largest absolute Gasteiger partial charge is 0.462 e. The molecular formula is C14H17NO3. The first kappa shape index (κ1) is 11.5. The molecule has 4 heteroatoms. The van der Waals surface area contributed by atoms with E-state index in [-0.39, 0.29) is 5.97 Å². The van der Waals surface area contributed by atoms with Gasteiger partial charge in [0.05, 0.1) is 18.8 Å². The number of benzene rings is 1. The van der Waals surface area contributed by atoms with Crippen molar-refractivity contribution in [2.24, 2.45) is 5.92 Å². The third kappa shape index (κ3) is 2.34. The molecule has 0 saturated carbocycles. The molecule has 0 spiro atoms. The molecule has 0 aliphatic carbocycles. The molecule has 1 unspecified atom stereocenters. The first-order chi connectivity index (χ1) is 8.83. The van der Waals surface area contributed by atoms with E-state index in [1.807, 2.05) is 18.2 Å². The summed E-state index contributed by atoms with van der Waals surface area (Å²) in [5.41, 5.74) is 2.96. The molecule has 0 aromatic heterocycles. The fourth-order valence-electron chi connectivity index (χ4n) is 2.41. The average molecular weight is 247 g/mol. The number of fused-ring (bicyclic) bond motifs is 1. The van der Waals surface area contributed by atoms with Crippen molar-refractivity contribution in [2.75, 3.05) is 31.7 Å². The maximum Gasteiger partial charge on any atom is 0.338 e. The topological polar surface area (TPSA) is 47.6 Å². The standard InChI is InChI=1S/C14H17NO3/c16-14(18-9-10-4-6-17-8-10)12-2-1-11-3-5-15-13(11)7-12/h1-2,7,10,15H,3-6,8-9H2.